The number of nitrogens with zero attached hydrogens (tertiary/aromatic N) is 2. The van der Waals surface area contributed by atoms with Crippen molar-refractivity contribution in [3.8, 4) is 0 Å². The molecular weight excluding hydrogens is 615 g/mol. The molecule has 0 aromatic carbocycles. The fourth-order valence-corrected chi connectivity index (χ4v) is 10.2. The average Bonchev–Trinajstić information content (AvgIpc) is 3.24. The van der Waals surface area contributed by atoms with Gasteiger partial charge < -0.3 is 48.0 Å². The molecule has 262 valence electrons. The van der Waals surface area contributed by atoms with Gasteiger partial charge in [0, 0.05) is 11.8 Å². The van der Waals surface area contributed by atoms with E-state index < -0.39 is 0 Å². The maximum absolute atomic E-state index is 13.4. The maximum atomic E-state index is 13.4. The first-order valence-corrected chi connectivity index (χ1v) is 16.9. The number of quaternary nitrogens is 2. The zero-order chi connectivity index (χ0) is 32.0. The van der Waals surface area contributed by atoms with E-state index in [0.29, 0.717) is 64.0 Å². The molecule has 8 nitrogen and oxygen atoms in total. The van der Waals surface area contributed by atoms with Crippen LogP contribution < -0.4 is 24.8 Å². The summed E-state index contributed by atoms with van der Waals surface area (Å²) < 4.78 is 18.7. The lowest BCUT2D eigenvalue weighted by molar-refractivity contribution is -0.862. The molecular formula is C35H62Cl2N2O6. The van der Waals surface area contributed by atoms with E-state index in [-0.39, 0.29) is 65.8 Å². The van der Waals surface area contributed by atoms with E-state index in [1.165, 1.54) is 26.4 Å². The number of carbonyl (C=O) groups excluding carboxylic acids is 3. The average molecular weight is 678 g/mol. The minimum atomic E-state index is -0.147. The molecule has 0 saturated heterocycles. The Kier molecular flexibility index (Phi) is 13.4. The highest BCUT2D eigenvalue weighted by Crippen LogP contribution is 2.69. The Balaban J connectivity index is 0.00000353. The Hall–Kier alpha value is -1.09. The van der Waals surface area contributed by atoms with E-state index in [2.05, 4.69) is 20.8 Å². The van der Waals surface area contributed by atoms with Gasteiger partial charge in [-0.2, -0.15) is 0 Å². The van der Waals surface area contributed by atoms with Crippen molar-refractivity contribution in [2.45, 2.75) is 97.2 Å². The zero-order valence-electron chi connectivity index (χ0n) is 29.7. The smallest absolute Gasteiger partial charge is 0.362 e. The van der Waals surface area contributed by atoms with Crippen molar-refractivity contribution < 1.29 is 62.4 Å². The quantitative estimate of drug-likeness (QED) is 0.170. The lowest BCUT2D eigenvalue weighted by Gasteiger charge is -2.62. The molecule has 0 aliphatic heterocycles. The summed E-state index contributed by atoms with van der Waals surface area (Å²) in [5.74, 6) is 2.57. The van der Waals surface area contributed by atoms with Crippen LogP contribution in [0.4, 0.5) is 0 Å². The summed E-state index contributed by atoms with van der Waals surface area (Å²) in [6, 6.07) is 0. The minimum absolute atomic E-state index is 0. The van der Waals surface area contributed by atoms with Crippen molar-refractivity contribution in [2.24, 2.45) is 46.3 Å². The first kappa shape index (κ1) is 40.1. The predicted octanol–water partition coefficient (Wildman–Crippen LogP) is -0.911. The molecule has 0 unspecified atom stereocenters. The number of hydrogen-bond donors (Lipinski definition) is 0. The van der Waals surface area contributed by atoms with Crippen LogP contribution in [0.3, 0.4) is 0 Å². The molecule has 0 bridgehead atoms. The van der Waals surface area contributed by atoms with Gasteiger partial charge in [-0.3, -0.25) is 4.79 Å². The van der Waals surface area contributed by atoms with Gasteiger partial charge in [0.25, 0.3) is 0 Å². The number of ether oxygens (including phenoxy) is 3. The van der Waals surface area contributed by atoms with Crippen LogP contribution >= 0.6 is 0 Å². The third-order valence-electron chi connectivity index (χ3n) is 12.3. The fourth-order valence-electron chi connectivity index (χ4n) is 10.2. The van der Waals surface area contributed by atoms with Gasteiger partial charge in [-0.25, -0.2) is 9.59 Å². The number of esters is 3. The third kappa shape index (κ3) is 8.88. The molecule has 0 amide bonds. The molecule has 4 aliphatic rings. The summed E-state index contributed by atoms with van der Waals surface area (Å²) in [7, 11) is 13.6. The largest absolute Gasteiger partial charge is 1.00 e. The molecule has 0 aromatic rings. The predicted molar refractivity (Wildman–Crippen MR) is 167 cm³/mol. The molecule has 4 saturated carbocycles. The molecule has 4 aliphatic carbocycles. The van der Waals surface area contributed by atoms with Crippen molar-refractivity contribution >= 4 is 17.9 Å². The van der Waals surface area contributed by atoms with Crippen LogP contribution in [0, 0.1) is 46.3 Å². The van der Waals surface area contributed by atoms with Crippen LogP contribution in [0.2, 0.25) is 0 Å². The molecule has 0 heterocycles. The molecule has 10 atom stereocenters. The molecule has 0 N–H and O–H groups in total. The first-order valence-electron chi connectivity index (χ1n) is 16.9. The molecule has 10 heteroatoms. The molecule has 0 radical (unpaired) electrons. The van der Waals surface area contributed by atoms with Gasteiger partial charge in [0.15, 0.2) is 13.1 Å². The number of carbonyl (C=O) groups is 3. The Bertz CT molecular complexity index is 1040. The number of hydrogen-bond acceptors (Lipinski definition) is 6. The highest BCUT2D eigenvalue weighted by Gasteiger charge is 2.65. The van der Waals surface area contributed by atoms with Gasteiger partial charge in [-0.1, -0.05) is 20.8 Å². The van der Waals surface area contributed by atoms with Gasteiger partial charge in [-0.15, -0.1) is 0 Å². The normalized spacial score (nSPS) is 36.5. The van der Waals surface area contributed by atoms with Crippen LogP contribution in [-0.2, 0) is 28.6 Å². The van der Waals surface area contributed by atoms with Crippen LogP contribution in [0.15, 0.2) is 0 Å². The van der Waals surface area contributed by atoms with Gasteiger partial charge >= 0.3 is 17.9 Å². The Morgan fingerprint density at radius 3 is 1.96 bits per heavy atom. The fraction of sp³-hybridized carbons (Fsp3) is 0.914. The highest BCUT2D eigenvalue weighted by atomic mass is 35.5. The second kappa shape index (κ2) is 15.0. The number of halogens is 2. The number of rotatable bonds is 10. The Morgan fingerprint density at radius 2 is 1.38 bits per heavy atom. The molecule has 45 heavy (non-hydrogen) atoms. The van der Waals surface area contributed by atoms with Gasteiger partial charge in [0.2, 0.25) is 0 Å². The highest BCUT2D eigenvalue weighted by molar-refractivity contribution is 5.71. The standard InChI is InChI=1S/C35H62N2O6.2ClH/c1-23(11-16-31(38)41-10)27-14-15-28-26-13-12-24-19-25(42-32(39)21-36(4,5)6)17-18-34(24,2)29(26)20-30(35(27,28)3)43-33(40)22-37(7,8)9;;/h23-30H,11-22H2,1-10H3;2*1H/q+2;;/p-2/t23-,24-,25-,26+,27-,28+,29+,30+,34+,35-;;/m1../s1. The third-order valence-corrected chi connectivity index (χ3v) is 12.3. The molecule has 0 aromatic heterocycles. The van der Waals surface area contributed by atoms with Gasteiger partial charge in [0.05, 0.1) is 49.4 Å². The zero-order valence-corrected chi connectivity index (χ0v) is 31.2. The van der Waals surface area contributed by atoms with Crippen LogP contribution in [0.5, 0.6) is 0 Å². The summed E-state index contributed by atoms with van der Waals surface area (Å²) in [5.41, 5.74) is 0.0605. The Labute approximate surface area is 285 Å². The van der Waals surface area contributed by atoms with Crippen molar-refractivity contribution in [1.29, 1.82) is 0 Å². The molecule has 4 fully saturated rings. The van der Waals surface area contributed by atoms with E-state index in [9.17, 15) is 14.4 Å². The second-order valence-electron chi connectivity index (χ2n) is 17.3. The van der Waals surface area contributed by atoms with E-state index in [4.69, 9.17) is 14.2 Å². The maximum Gasteiger partial charge on any atom is 0.362 e. The minimum Gasteiger partial charge on any atom is -1.00 e. The Morgan fingerprint density at radius 1 is 0.778 bits per heavy atom. The second-order valence-corrected chi connectivity index (χ2v) is 17.3. The van der Waals surface area contributed by atoms with Crippen molar-refractivity contribution in [1.82, 2.24) is 0 Å². The summed E-state index contributed by atoms with van der Waals surface area (Å²) in [5, 5.41) is 0. The van der Waals surface area contributed by atoms with Crippen LogP contribution in [0.25, 0.3) is 0 Å². The summed E-state index contributed by atoms with van der Waals surface area (Å²) in [4.78, 5) is 38.1. The SMILES string of the molecule is COC(=O)CC[C@@H](C)[C@H]1CC[C@H]2[C@@H]3CC[C@@H]4C[C@H](OC(=O)C[N+](C)(C)C)CC[C@]4(C)[C@H]3C[C@H](OC(=O)C[N+](C)(C)C)[C@]12C.[Cl-].[Cl-]. The number of likely N-dealkylation sites (N-methyl/N-ethyl adjacent to an activating group) is 2. The summed E-state index contributed by atoms with van der Waals surface area (Å²) in [6.07, 6.45) is 9.64. The van der Waals surface area contributed by atoms with Crippen molar-refractivity contribution in [2.75, 3.05) is 62.5 Å². The van der Waals surface area contributed by atoms with Crippen LogP contribution in [-0.4, -0.2) is 102 Å². The monoisotopic (exact) mass is 676 g/mol. The van der Waals surface area contributed by atoms with E-state index in [0.717, 1.165) is 38.5 Å². The number of methoxy groups -OCH3 is 1. The first-order chi connectivity index (χ1) is 19.9. The molecule has 4 rings (SSSR count). The van der Waals surface area contributed by atoms with Crippen molar-refractivity contribution in [3.63, 3.8) is 0 Å². The molecule has 0 spiro atoms. The van der Waals surface area contributed by atoms with E-state index in [1.54, 1.807) is 0 Å². The summed E-state index contributed by atoms with van der Waals surface area (Å²) in [6.45, 7) is 7.95. The van der Waals surface area contributed by atoms with E-state index in [1.807, 2.05) is 42.3 Å². The van der Waals surface area contributed by atoms with Gasteiger partial charge in [0.1, 0.15) is 12.2 Å². The lowest BCUT2D eigenvalue weighted by atomic mass is 9.43. The van der Waals surface area contributed by atoms with Crippen molar-refractivity contribution in [3.05, 3.63) is 0 Å². The summed E-state index contributed by atoms with van der Waals surface area (Å²) >= 11 is 0. The van der Waals surface area contributed by atoms with Crippen LogP contribution in [0.1, 0.15) is 85.0 Å². The van der Waals surface area contributed by atoms with Gasteiger partial charge in [-0.05, 0) is 98.7 Å². The lowest BCUT2D eigenvalue weighted by Crippen LogP contribution is -3.00. The van der Waals surface area contributed by atoms with E-state index >= 15 is 0 Å². The topological polar surface area (TPSA) is 78.9 Å². The number of fused-ring (bicyclic) bond motifs is 5.